The summed E-state index contributed by atoms with van der Waals surface area (Å²) >= 11 is 0. The van der Waals surface area contributed by atoms with E-state index in [4.69, 9.17) is 5.84 Å². The number of aliphatic imine (C=N–C) groups is 1. The monoisotopic (exact) mass is 252 g/mol. The average Bonchev–Trinajstić information content (AvgIpc) is 2.88. The van der Waals surface area contributed by atoms with Crippen molar-refractivity contribution in [2.24, 2.45) is 16.3 Å². The average molecular weight is 252 g/mol. The Morgan fingerprint density at radius 3 is 2.44 bits per heavy atom. The molecule has 0 aromatic heterocycles. The number of hydrazine groups is 1. The van der Waals surface area contributed by atoms with Gasteiger partial charge in [-0.3, -0.25) is 10.4 Å². The van der Waals surface area contributed by atoms with E-state index in [-0.39, 0.29) is 0 Å². The van der Waals surface area contributed by atoms with Crippen LogP contribution in [0.2, 0.25) is 0 Å². The number of hydrogen-bond donors (Lipinski definition) is 3. The summed E-state index contributed by atoms with van der Waals surface area (Å²) in [5.41, 5.74) is 3.11. The van der Waals surface area contributed by atoms with Crippen LogP contribution >= 0.6 is 0 Å². The van der Waals surface area contributed by atoms with Gasteiger partial charge in [-0.15, -0.1) is 0 Å². The van der Waals surface area contributed by atoms with Gasteiger partial charge < -0.3 is 5.32 Å². The molecule has 0 saturated heterocycles. The van der Waals surface area contributed by atoms with Gasteiger partial charge in [-0.2, -0.15) is 0 Å². The number of nitrogens with two attached hydrogens (primary N) is 1. The number of rotatable bonds is 3. The molecule has 0 unspecified atom stereocenters. The first-order valence-corrected chi connectivity index (χ1v) is 7.49. The molecule has 2 saturated carbocycles. The first-order valence-electron chi connectivity index (χ1n) is 7.49. The predicted molar refractivity (Wildman–Crippen MR) is 76.2 cm³/mol. The van der Waals surface area contributed by atoms with E-state index in [0.29, 0.717) is 11.5 Å². The first kappa shape index (κ1) is 13.7. The molecule has 0 heterocycles. The maximum Gasteiger partial charge on any atom is 0.205 e. The van der Waals surface area contributed by atoms with Crippen LogP contribution in [0.4, 0.5) is 0 Å². The minimum absolute atomic E-state index is 0.387. The van der Waals surface area contributed by atoms with E-state index in [0.717, 1.165) is 12.5 Å². The van der Waals surface area contributed by atoms with Crippen LogP contribution in [-0.2, 0) is 0 Å². The molecule has 18 heavy (non-hydrogen) atoms. The number of nitrogens with one attached hydrogen (secondary N) is 2. The summed E-state index contributed by atoms with van der Waals surface area (Å²) in [6.45, 7) is 3.26. The minimum Gasteiger partial charge on any atom is -0.353 e. The largest absolute Gasteiger partial charge is 0.353 e. The normalized spacial score (nSPS) is 25.1. The maximum absolute atomic E-state index is 5.57. The van der Waals surface area contributed by atoms with Crippen molar-refractivity contribution in [2.75, 3.05) is 6.54 Å². The van der Waals surface area contributed by atoms with Gasteiger partial charge in [0.05, 0.1) is 0 Å². The van der Waals surface area contributed by atoms with Gasteiger partial charge in [0.25, 0.3) is 0 Å². The summed E-state index contributed by atoms with van der Waals surface area (Å²) in [6, 6.07) is 0.568. The smallest absolute Gasteiger partial charge is 0.205 e. The van der Waals surface area contributed by atoms with Crippen LogP contribution < -0.4 is 16.6 Å². The Kier molecular flexibility index (Phi) is 4.87. The molecule has 2 aliphatic carbocycles. The molecule has 0 aromatic carbocycles. The molecule has 2 aliphatic rings. The lowest BCUT2D eigenvalue weighted by molar-refractivity contribution is 0.226. The molecular weight excluding hydrogens is 224 g/mol. The van der Waals surface area contributed by atoms with E-state index in [9.17, 15) is 0 Å². The molecule has 2 fully saturated rings. The first-order chi connectivity index (χ1) is 8.72. The Morgan fingerprint density at radius 1 is 1.17 bits per heavy atom. The van der Waals surface area contributed by atoms with Crippen molar-refractivity contribution in [1.29, 1.82) is 0 Å². The molecule has 0 atom stereocenters. The Bertz CT molecular complexity index is 276. The molecule has 2 rings (SSSR count). The van der Waals surface area contributed by atoms with Crippen molar-refractivity contribution >= 4 is 5.96 Å². The second-order valence-corrected chi connectivity index (χ2v) is 6.31. The summed E-state index contributed by atoms with van der Waals surface area (Å²) in [6.07, 6.45) is 11.9. The van der Waals surface area contributed by atoms with E-state index in [1.54, 1.807) is 0 Å². The Balaban J connectivity index is 1.84. The van der Waals surface area contributed by atoms with Crippen LogP contribution in [0.5, 0.6) is 0 Å². The molecule has 4 heteroatoms. The van der Waals surface area contributed by atoms with Gasteiger partial charge in [-0.25, -0.2) is 5.84 Å². The second-order valence-electron chi connectivity index (χ2n) is 6.31. The van der Waals surface area contributed by atoms with Gasteiger partial charge in [-0.05, 0) is 31.1 Å². The fourth-order valence-corrected chi connectivity index (χ4v) is 3.23. The summed E-state index contributed by atoms with van der Waals surface area (Å²) in [5.74, 6) is 6.35. The molecule has 0 radical (unpaired) electrons. The van der Waals surface area contributed by atoms with Gasteiger partial charge in [-0.1, -0.05) is 39.0 Å². The van der Waals surface area contributed by atoms with Gasteiger partial charge in [0, 0.05) is 12.6 Å². The molecule has 4 nitrogen and oxygen atoms in total. The fourth-order valence-electron chi connectivity index (χ4n) is 3.23. The molecule has 0 aromatic rings. The highest BCUT2D eigenvalue weighted by atomic mass is 15.3. The molecule has 4 N–H and O–H groups in total. The van der Waals surface area contributed by atoms with Gasteiger partial charge in [0.2, 0.25) is 5.96 Å². The maximum atomic E-state index is 5.57. The highest BCUT2D eigenvalue weighted by Gasteiger charge is 2.26. The van der Waals surface area contributed by atoms with E-state index in [2.05, 4.69) is 22.7 Å². The summed E-state index contributed by atoms with van der Waals surface area (Å²) in [5, 5.41) is 3.44. The summed E-state index contributed by atoms with van der Waals surface area (Å²) in [4.78, 5) is 4.67. The topological polar surface area (TPSA) is 62.4 Å². The SMILES string of the molecule is CC1(CN=C(NN)NC2CCCC2)CCCCC1. The lowest BCUT2D eigenvalue weighted by atomic mass is 9.76. The molecule has 0 aliphatic heterocycles. The summed E-state index contributed by atoms with van der Waals surface area (Å²) in [7, 11) is 0. The Hall–Kier alpha value is -0.770. The standard InChI is InChI=1S/C14H28N4/c1-14(9-5-2-6-10-14)11-16-13(18-15)17-12-7-3-4-8-12/h12H,2-11,15H2,1H3,(H2,16,17,18). The van der Waals surface area contributed by atoms with Crippen LogP contribution in [0.15, 0.2) is 4.99 Å². The van der Waals surface area contributed by atoms with E-state index in [1.807, 2.05) is 0 Å². The fraction of sp³-hybridized carbons (Fsp3) is 0.929. The quantitative estimate of drug-likeness (QED) is 0.312. The number of hydrogen-bond acceptors (Lipinski definition) is 2. The highest BCUT2D eigenvalue weighted by Crippen LogP contribution is 2.35. The van der Waals surface area contributed by atoms with Crippen molar-refractivity contribution in [3.8, 4) is 0 Å². The zero-order valence-corrected chi connectivity index (χ0v) is 11.7. The molecule has 0 spiro atoms. The Morgan fingerprint density at radius 2 is 1.83 bits per heavy atom. The zero-order valence-electron chi connectivity index (χ0n) is 11.7. The Labute approximate surface area is 111 Å². The zero-order chi connectivity index (χ0) is 12.8. The third-order valence-electron chi connectivity index (χ3n) is 4.51. The van der Waals surface area contributed by atoms with Gasteiger partial charge in [0.1, 0.15) is 0 Å². The molecule has 104 valence electrons. The second kappa shape index (κ2) is 6.41. The molecular formula is C14H28N4. The van der Waals surface area contributed by atoms with E-state index in [1.165, 1.54) is 57.8 Å². The van der Waals surface area contributed by atoms with E-state index < -0.39 is 0 Å². The van der Waals surface area contributed by atoms with Crippen molar-refractivity contribution < 1.29 is 0 Å². The van der Waals surface area contributed by atoms with Crippen LogP contribution in [0, 0.1) is 5.41 Å². The van der Waals surface area contributed by atoms with E-state index >= 15 is 0 Å². The number of nitrogens with zero attached hydrogens (tertiary/aromatic N) is 1. The predicted octanol–water partition coefficient (Wildman–Crippen LogP) is 2.31. The van der Waals surface area contributed by atoms with Crippen molar-refractivity contribution in [1.82, 2.24) is 10.7 Å². The third kappa shape index (κ3) is 3.87. The van der Waals surface area contributed by atoms with Gasteiger partial charge in [0.15, 0.2) is 0 Å². The van der Waals surface area contributed by atoms with Crippen LogP contribution in [0.3, 0.4) is 0 Å². The highest BCUT2D eigenvalue weighted by molar-refractivity contribution is 5.79. The van der Waals surface area contributed by atoms with Crippen molar-refractivity contribution in [3.05, 3.63) is 0 Å². The van der Waals surface area contributed by atoms with Gasteiger partial charge >= 0.3 is 0 Å². The number of guanidine groups is 1. The van der Waals surface area contributed by atoms with Crippen LogP contribution in [-0.4, -0.2) is 18.5 Å². The van der Waals surface area contributed by atoms with Crippen molar-refractivity contribution in [2.45, 2.75) is 70.8 Å². The minimum atomic E-state index is 0.387. The molecule has 0 bridgehead atoms. The lowest BCUT2D eigenvalue weighted by Crippen LogP contribution is -2.46. The molecule has 0 amide bonds. The van der Waals surface area contributed by atoms with Crippen molar-refractivity contribution in [3.63, 3.8) is 0 Å². The van der Waals surface area contributed by atoms with Crippen LogP contribution in [0.1, 0.15) is 64.7 Å². The summed E-state index contributed by atoms with van der Waals surface area (Å²) < 4.78 is 0. The third-order valence-corrected chi connectivity index (χ3v) is 4.51. The lowest BCUT2D eigenvalue weighted by Gasteiger charge is -2.32. The van der Waals surface area contributed by atoms with Crippen LogP contribution in [0.25, 0.3) is 0 Å².